The van der Waals surface area contributed by atoms with Crippen LogP contribution in [0.4, 0.5) is 5.69 Å². The van der Waals surface area contributed by atoms with Gasteiger partial charge in [0.1, 0.15) is 0 Å². The molecule has 114 valence electrons. The number of aryl methyl sites for hydroxylation is 1. The van der Waals surface area contributed by atoms with Crippen molar-refractivity contribution < 1.29 is 9.59 Å². The van der Waals surface area contributed by atoms with Crippen molar-refractivity contribution >= 4 is 17.5 Å². The molecule has 0 aromatic heterocycles. The molecule has 4 heteroatoms. The molecule has 0 aliphatic carbocycles. The van der Waals surface area contributed by atoms with Gasteiger partial charge in [-0.3, -0.25) is 9.59 Å². The maximum atomic E-state index is 12.1. The van der Waals surface area contributed by atoms with Crippen LogP contribution in [0.25, 0.3) is 0 Å². The topological polar surface area (TPSA) is 58.2 Å². The first kappa shape index (κ1) is 15.8. The molecule has 22 heavy (non-hydrogen) atoms. The zero-order valence-corrected chi connectivity index (χ0v) is 12.8. The second-order valence-corrected chi connectivity index (χ2v) is 5.09. The number of carbonyl (C=O) groups is 2. The highest BCUT2D eigenvalue weighted by Crippen LogP contribution is 2.12. The largest absolute Gasteiger partial charge is 0.352 e. The molecule has 0 bridgehead atoms. The van der Waals surface area contributed by atoms with Crippen LogP contribution in [0.5, 0.6) is 0 Å². The van der Waals surface area contributed by atoms with Gasteiger partial charge in [-0.2, -0.15) is 0 Å². The molecular weight excluding hydrogens is 276 g/mol. The van der Waals surface area contributed by atoms with E-state index in [9.17, 15) is 9.59 Å². The number of nitrogens with one attached hydrogen (secondary N) is 2. The van der Waals surface area contributed by atoms with Gasteiger partial charge in [-0.1, -0.05) is 24.3 Å². The molecule has 0 spiro atoms. The fourth-order valence-electron chi connectivity index (χ4n) is 2.15. The van der Waals surface area contributed by atoms with Crippen LogP contribution < -0.4 is 10.6 Å². The van der Waals surface area contributed by atoms with E-state index in [4.69, 9.17) is 0 Å². The lowest BCUT2D eigenvalue weighted by atomic mass is 10.1. The molecule has 4 nitrogen and oxygen atoms in total. The molecule has 0 radical (unpaired) electrons. The Balaban J connectivity index is 1.97. The molecule has 0 saturated heterocycles. The van der Waals surface area contributed by atoms with Crippen LogP contribution in [0, 0.1) is 6.92 Å². The summed E-state index contributed by atoms with van der Waals surface area (Å²) in [7, 11) is 0. The highest BCUT2D eigenvalue weighted by molar-refractivity contribution is 5.96. The first-order valence-corrected chi connectivity index (χ1v) is 7.32. The quantitative estimate of drug-likeness (QED) is 0.891. The Morgan fingerprint density at radius 3 is 2.32 bits per heavy atom. The fraction of sp³-hybridized carbons (Fsp3) is 0.222. The van der Waals surface area contributed by atoms with Crippen molar-refractivity contribution in [1.82, 2.24) is 5.32 Å². The van der Waals surface area contributed by atoms with Gasteiger partial charge in [0.05, 0.1) is 6.42 Å². The monoisotopic (exact) mass is 296 g/mol. The second kappa shape index (κ2) is 7.41. The van der Waals surface area contributed by atoms with E-state index < -0.39 is 0 Å². The summed E-state index contributed by atoms with van der Waals surface area (Å²) in [6.07, 6.45) is 0.338. The van der Waals surface area contributed by atoms with Crippen LogP contribution in [-0.4, -0.2) is 18.4 Å². The Morgan fingerprint density at radius 2 is 1.68 bits per heavy atom. The number of amides is 2. The molecule has 0 aliphatic rings. The molecule has 0 atom stereocenters. The minimum absolute atomic E-state index is 0.0694. The van der Waals surface area contributed by atoms with Crippen molar-refractivity contribution in [2.75, 3.05) is 11.9 Å². The summed E-state index contributed by atoms with van der Waals surface area (Å²) < 4.78 is 0. The van der Waals surface area contributed by atoms with Crippen molar-refractivity contribution in [2.24, 2.45) is 0 Å². The van der Waals surface area contributed by atoms with Crippen molar-refractivity contribution in [2.45, 2.75) is 20.3 Å². The van der Waals surface area contributed by atoms with Crippen molar-refractivity contribution in [3.63, 3.8) is 0 Å². The number of benzene rings is 2. The van der Waals surface area contributed by atoms with Gasteiger partial charge in [-0.05, 0) is 49.2 Å². The third-order valence-electron chi connectivity index (χ3n) is 3.38. The van der Waals surface area contributed by atoms with Gasteiger partial charge in [-0.25, -0.2) is 0 Å². The molecule has 0 unspecified atom stereocenters. The third-order valence-corrected chi connectivity index (χ3v) is 3.38. The molecule has 2 N–H and O–H groups in total. The molecular formula is C18H20N2O2. The highest BCUT2D eigenvalue weighted by Gasteiger charge is 2.07. The highest BCUT2D eigenvalue weighted by atomic mass is 16.2. The van der Waals surface area contributed by atoms with Crippen LogP contribution >= 0.6 is 0 Å². The number of carbonyl (C=O) groups excluding carboxylic acids is 2. The fourth-order valence-corrected chi connectivity index (χ4v) is 2.15. The standard InChI is InChI=1S/C18H20N2O2/c1-3-19-18(22)14-8-10-16(11-9-14)20-17(21)12-15-7-5-4-6-13(15)2/h4-11H,3,12H2,1-2H3,(H,19,22)(H,20,21). The lowest BCUT2D eigenvalue weighted by Crippen LogP contribution is -2.22. The van der Waals surface area contributed by atoms with E-state index in [1.165, 1.54) is 0 Å². The van der Waals surface area contributed by atoms with Gasteiger partial charge in [0, 0.05) is 17.8 Å². The van der Waals surface area contributed by atoms with E-state index in [1.54, 1.807) is 24.3 Å². The predicted octanol–water partition coefficient (Wildman–Crippen LogP) is 2.93. The number of rotatable bonds is 5. The maximum absolute atomic E-state index is 12.1. The van der Waals surface area contributed by atoms with Gasteiger partial charge >= 0.3 is 0 Å². The van der Waals surface area contributed by atoms with Gasteiger partial charge in [0.25, 0.3) is 5.91 Å². The summed E-state index contributed by atoms with van der Waals surface area (Å²) in [5.41, 5.74) is 3.38. The smallest absolute Gasteiger partial charge is 0.251 e. The Hall–Kier alpha value is -2.62. The summed E-state index contributed by atoms with van der Waals surface area (Å²) in [5, 5.41) is 5.58. The van der Waals surface area contributed by atoms with Crippen molar-refractivity contribution in [3.05, 3.63) is 65.2 Å². The lowest BCUT2D eigenvalue weighted by Gasteiger charge is -2.08. The van der Waals surface area contributed by atoms with E-state index in [0.29, 0.717) is 24.2 Å². The van der Waals surface area contributed by atoms with Crippen LogP contribution in [0.3, 0.4) is 0 Å². The zero-order chi connectivity index (χ0) is 15.9. The molecule has 2 amide bonds. The number of hydrogen-bond acceptors (Lipinski definition) is 2. The van der Waals surface area contributed by atoms with Crippen LogP contribution in [0.1, 0.15) is 28.4 Å². The average molecular weight is 296 g/mol. The molecule has 2 aromatic rings. The minimum atomic E-state index is -0.111. The third kappa shape index (κ3) is 4.19. The predicted molar refractivity (Wildman–Crippen MR) is 88.0 cm³/mol. The van der Waals surface area contributed by atoms with Gasteiger partial charge in [0.15, 0.2) is 0 Å². The lowest BCUT2D eigenvalue weighted by molar-refractivity contribution is -0.115. The van der Waals surface area contributed by atoms with Crippen LogP contribution in [0.15, 0.2) is 48.5 Å². The van der Waals surface area contributed by atoms with E-state index in [0.717, 1.165) is 11.1 Å². The molecule has 0 heterocycles. The number of hydrogen-bond donors (Lipinski definition) is 2. The number of anilines is 1. The Bertz CT molecular complexity index is 663. The summed E-state index contributed by atoms with van der Waals surface area (Å²) in [5.74, 6) is -0.180. The second-order valence-electron chi connectivity index (χ2n) is 5.09. The SMILES string of the molecule is CCNC(=O)c1ccc(NC(=O)Cc2ccccc2C)cc1. The molecule has 0 saturated carbocycles. The van der Waals surface area contributed by atoms with E-state index >= 15 is 0 Å². The first-order chi connectivity index (χ1) is 10.6. The van der Waals surface area contributed by atoms with Gasteiger partial charge < -0.3 is 10.6 Å². The summed E-state index contributed by atoms with van der Waals surface area (Å²) in [4.78, 5) is 23.7. The van der Waals surface area contributed by atoms with Gasteiger partial charge in [-0.15, -0.1) is 0 Å². The maximum Gasteiger partial charge on any atom is 0.251 e. The van der Waals surface area contributed by atoms with E-state index in [-0.39, 0.29) is 11.8 Å². The van der Waals surface area contributed by atoms with Crippen LogP contribution in [0.2, 0.25) is 0 Å². The normalized spacial score (nSPS) is 10.1. The summed E-state index contributed by atoms with van der Waals surface area (Å²) >= 11 is 0. The van der Waals surface area contributed by atoms with Crippen molar-refractivity contribution in [1.29, 1.82) is 0 Å². The molecule has 2 aromatic carbocycles. The first-order valence-electron chi connectivity index (χ1n) is 7.32. The van der Waals surface area contributed by atoms with Crippen LogP contribution in [-0.2, 0) is 11.2 Å². The zero-order valence-electron chi connectivity index (χ0n) is 12.8. The molecule has 0 aliphatic heterocycles. The van der Waals surface area contributed by atoms with Crippen molar-refractivity contribution in [3.8, 4) is 0 Å². The average Bonchev–Trinajstić information content (AvgIpc) is 2.50. The Kier molecular flexibility index (Phi) is 5.31. The molecule has 2 rings (SSSR count). The van der Waals surface area contributed by atoms with E-state index in [2.05, 4.69) is 10.6 Å². The minimum Gasteiger partial charge on any atom is -0.352 e. The van der Waals surface area contributed by atoms with Gasteiger partial charge in [0.2, 0.25) is 5.91 Å². The summed E-state index contributed by atoms with van der Waals surface area (Å²) in [6, 6.07) is 14.7. The molecule has 0 fully saturated rings. The Labute approximate surface area is 130 Å². The Morgan fingerprint density at radius 1 is 1.00 bits per heavy atom. The van der Waals surface area contributed by atoms with E-state index in [1.807, 2.05) is 38.1 Å². The summed E-state index contributed by atoms with van der Waals surface area (Å²) in [6.45, 7) is 4.45.